The Bertz CT molecular complexity index is 420. The first-order chi connectivity index (χ1) is 8.00. The molecule has 6 nitrogen and oxygen atoms in total. The fraction of sp³-hybridized carbons (Fsp3) is 0.273. The molecular formula is C11H14N2O4. The molecule has 0 radical (unpaired) electrons. The molecule has 1 atom stereocenters. The van der Waals surface area contributed by atoms with Gasteiger partial charge in [0.05, 0.1) is 5.69 Å². The van der Waals surface area contributed by atoms with Crippen LogP contribution in [0.25, 0.3) is 0 Å². The molecule has 0 aliphatic carbocycles. The summed E-state index contributed by atoms with van der Waals surface area (Å²) in [5.74, 6) is -1.56. The number of aromatic hydroxyl groups is 1. The average molecular weight is 238 g/mol. The highest BCUT2D eigenvalue weighted by Gasteiger charge is 2.14. The number of para-hydroxylation sites is 2. The number of amides is 1. The molecule has 1 amide bonds. The van der Waals surface area contributed by atoms with Crippen molar-refractivity contribution in [3.05, 3.63) is 24.3 Å². The number of carbonyl (C=O) groups excluding carboxylic acids is 1. The monoisotopic (exact) mass is 238 g/mol. The Labute approximate surface area is 98.1 Å². The van der Waals surface area contributed by atoms with Crippen LogP contribution in [0.4, 0.5) is 5.69 Å². The van der Waals surface area contributed by atoms with Gasteiger partial charge in [-0.15, -0.1) is 0 Å². The van der Waals surface area contributed by atoms with Crippen LogP contribution in [0.1, 0.15) is 12.8 Å². The van der Waals surface area contributed by atoms with Crippen LogP contribution >= 0.6 is 0 Å². The lowest BCUT2D eigenvalue weighted by molar-refractivity contribution is -0.138. The molecule has 0 heterocycles. The molecule has 6 heteroatoms. The molecular weight excluding hydrogens is 224 g/mol. The van der Waals surface area contributed by atoms with Gasteiger partial charge in [-0.2, -0.15) is 0 Å². The fourth-order valence-electron chi connectivity index (χ4n) is 1.20. The Kier molecular flexibility index (Phi) is 4.47. The van der Waals surface area contributed by atoms with Crippen LogP contribution in [0, 0.1) is 0 Å². The number of benzene rings is 1. The molecule has 0 aromatic heterocycles. The smallest absolute Gasteiger partial charge is 0.320 e. The van der Waals surface area contributed by atoms with Crippen LogP contribution in [-0.4, -0.2) is 28.1 Å². The number of phenolic OH excluding ortho intramolecular Hbond substituents is 1. The van der Waals surface area contributed by atoms with Crippen LogP contribution in [0.3, 0.4) is 0 Å². The molecule has 0 saturated heterocycles. The lowest BCUT2D eigenvalue weighted by Gasteiger charge is -2.08. The van der Waals surface area contributed by atoms with E-state index in [9.17, 15) is 14.7 Å². The number of carboxylic acid groups (broad SMARTS) is 1. The number of rotatable bonds is 5. The standard InChI is InChI=1S/C11H14N2O4/c12-7(11(16)17)5-6-10(15)13-8-3-1-2-4-9(8)14/h1-4,7,14H,5-6,12H2,(H,13,15)(H,16,17). The third-order valence-corrected chi connectivity index (χ3v) is 2.18. The Morgan fingerprint density at radius 1 is 1.35 bits per heavy atom. The summed E-state index contributed by atoms with van der Waals surface area (Å²) in [5.41, 5.74) is 5.55. The van der Waals surface area contributed by atoms with Gasteiger partial charge < -0.3 is 21.3 Å². The number of anilines is 1. The third-order valence-electron chi connectivity index (χ3n) is 2.18. The van der Waals surface area contributed by atoms with Gasteiger partial charge in [-0.1, -0.05) is 12.1 Å². The first-order valence-corrected chi connectivity index (χ1v) is 5.07. The van der Waals surface area contributed by atoms with E-state index >= 15 is 0 Å². The Morgan fingerprint density at radius 2 is 2.00 bits per heavy atom. The summed E-state index contributed by atoms with van der Waals surface area (Å²) >= 11 is 0. The van der Waals surface area contributed by atoms with Gasteiger partial charge in [0, 0.05) is 6.42 Å². The van der Waals surface area contributed by atoms with Gasteiger partial charge >= 0.3 is 5.97 Å². The van der Waals surface area contributed by atoms with Crippen molar-refractivity contribution in [3.8, 4) is 5.75 Å². The van der Waals surface area contributed by atoms with Gasteiger partial charge in [0.15, 0.2) is 0 Å². The van der Waals surface area contributed by atoms with Crippen molar-refractivity contribution in [1.82, 2.24) is 0 Å². The molecule has 0 bridgehead atoms. The predicted octanol–water partition coefficient (Wildman–Crippen LogP) is 0.523. The van der Waals surface area contributed by atoms with Gasteiger partial charge in [-0.25, -0.2) is 0 Å². The van der Waals surface area contributed by atoms with Crippen molar-refractivity contribution >= 4 is 17.6 Å². The summed E-state index contributed by atoms with van der Waals surface area (Å²) in [6.45, 7) is 0. The minimum absolute atomic E-state index is 0.0121. The second-order valence-electron chi connectivity index (χ2n) is 3.55. The van der Waals surface area contributed by atoms with E-state index in [4.69, 9.17) is 10.8 Å². The van der Waals surface area contributed by atoms with Crippen LogP contribution in [-0.2, 0) is 9.59 Å². The van der Waals surface area contributed by atoms with E-state index in [0.717, 1.165) is 0 Å². The predicted molar refractivity (Wildman–Crippen MR) is 61.6 cm³/mol. The summed E-state index contributed by atoms with van der Waals surface area (Å²) in [4.78, 5) is 21.8. The molecule has 92 valence electrons. The number of carbonyl (C=O) groups is 2. The van der Waals surface area contributed by atoms with E-state index in [0.29, 0.717) is 5.69 Å². The van der Waals surface area contributed by atoms with Crippen LogP contribution in [0.5, 0.6) is 5.75 Å². The minimum Gasteiger partial charge on any atom is -0.506 e. The number of phenols is 1. The van der Waals surface area contributed by atoms with E-state index in [1.165, 1.54) is 6.07 Å². The zero-order chi connectivity index (χ0) is 12.8. The van der Waals surface area contributed by atoms with E-state index in [2.05, 4.69) is 5.32 Å². The Hall–Kier alpha value is -2.08. The second-order valence-corrected chi connectivity index (χ2v) is 3.55. The van der Waals surface area contributed by atoms with Gasteiger partial charge in [0.25, 0.3) is 0 Å². The van der Waals surface area contributed by atoms with Crippen molar-refractivity contribution in [2.75, 3.05) is 5.32 Å². The number of nitrogens with one attached hydrogen (secondary N) is 1. The maximum Gasteiger partial charge on any atom is 0.320 e. The maximum absolute atomic E-state index is 11.4. The Morgan fingerprint density at radius 3 is 2.59 bits per heavy atom. The van der Waals surface area contributed by atoms with Crippen molar-refractivity contribution in [2.24, 2.45) is 5.73 Å². The van der Waals surface area contributed by atoms with E-state index in [1.54, 1.807) is 18.2 Å². The van der Waals surface area contributed by atoms with Gasteiger partial charge in [-0.05, 0) is 18.6 Å². The van der Waals surface area contributed by atoms with Gasteiger partial charge in [0.1, 0.15) is 11.8 Å². The number of hydrogen-bond donors (Lipinski definition) is 4. The van der Waals surface area contributed by atoms with Crippen LogP contribution in [0.15, 0.2) is 24.3 Å². The molecule has 17 heavy (non-hydrogen) atoms. The average Bonchev–Trinajstić information content (AvgIpc) is 2.29. The zero-order valence-electron chi connectivity index (χ0n) is 9.09. The zero-order valence-corrected chi connectivity index (χ0v) is 9.09. The highest BCUT2D eigenvalue weighted by atomic mass is 16.4. The molecule has 0 saturated carbocycles. The van der Waals surface area contributed by atoms with Crippen molar-refractivity contribution in [3.63, 3.8) is 0 Å². The summed E-state index contributed by atoms with van der Waals surface area (Å²) in [7, 11) is 0. The largest absolute Gasteiger partial charge is 0.506 e. The summed E-state index contributed by atoms with van der Waals surface area (Å²) in [5, 5.41) is 20.4. The first kappa shape index (κ1) is 13.0. The molecule has 0 aliphatic heterocycles. The Balaban J connectivity index is 2.46. The molecule has 1 unspecified atom stereocenters. The van der Waals surface area contributed by atoms with Gasteiger partial charge in [0.2, 0.25) is 5.91 Å². The first-order valence-electron chi connectivity index (χ1n) is 5.07. The maximum atomic E-state index is 11.4. The molecule has 1 aromatic rings. The van der Waals surface area contributed by atoms with Crippen molar-refractivity contribution in [1.29, 1.82) is 0 Å². The van der Waals surface area contributed by atoms with Gasteiger partial charge in [-0.3, -0.25) is 9.59 Å². The fourth-order valence-corrected chi connectivity index (χ4v) is 1.20. The van der Waals surface area contributed by atoms with Crippen LogP contribution < -0.4 is 11.1 Å². The lowest BCUT2D eigenvalue weighted by Crippen LogP contribution is -2.31. The lowest BCUT2D eigenvalue weighted by atomic mass is 10.1. The van der Waals surface area contributed by atoms with Crippen molar-refractivity contribution < 1.29 is 19.8 Å². The molecule has 0 aliphatic rings. The number of carboxylic acids is 1. The highest BCUT2D eigenvalue weighted by Crippen LogP contribution is 2.21. The van der Waals surface area contributed by atoms with E-state index in [-0.39, 0.29) is 24.5 Å². The summed E-state index contributed by atoms with van der Waals surface area (Å²) < 4.78 is 0. The molecule has 0 spiro atoms. The van der Waals surface area contributed by atoms with E-state index in [1.807, 2.05) is 0 Å². The summed E-state index contributed by atoms with van der Waals surface area (Å²) in [6.07, 6.45) is 0.0383. The normalized spacial score (nSPS) is 11.8. The minimum atomic E-state index is -1.14. The SMILES string of the molecule is NC(CCC(=O)Nc1ccccc1O)C(=O)O. The van der Waals surface area contributed by atoms with E-state index < -0.39 is 12.0 Å². The molecule has 1 aromatic carbocycles. The van der Waals surface area contributed by atoms with Crippen molar-refractivity contribution in [2.45, 2.75) is 18.9 Å². The van der Waals surface area contributed by atoms with Crippen LogP contribution in [0.2, 0.25) is 0 Å². The molecule has 1 rings (SSSR count). The third kappa shape index (κ3) is 4.12. The number of nitrogens with two attached hydrogens (primary N) is 1. The summed E-state index contributed by atoms with van der Waals surface area (Å²) in [6, 6.07) is 5.23. The number of aliphatic carboxylic acids is 1. The molecule has 0 fully saturated rings. The second kappa shape index (κ2) is 5.86. The quantitative estimate of drug-likeness (QED) is 0.559. The topological polar surface area (TPSA) is 113 Å². The number of hydrogen-bond acceptors (Lipinski definition) is 4. The highest BCUT2D eigenvalue weighted by molar-refractivity contribution is 5.92. The molecule has 5 N–H and O–H groups in total.